The third-order valence-electron chi connectivity index (χ3n) is 7.19. The van der Waals surface area contributed by atoms with E-state index in [-0.39, 0.29) is 24.8 Å². The number of hydrogen-bond acceptors (Lipinski definition) is 5. The Morgan fingerprint density at radius 1 is 1.26 bits per heavy atom. The monoisotopic (exact) mass is 507 g/mol. The fraction of sp³-hybridized carbons (Fsp3) is 0.762. The average Bonchev–Trinajstić information content (AvgIpc) is 3.10. The number of likely N-dealkylation sites (tertiary alicyclic amines) is 1. The van der Waals surface area contributed by atoms with Crippen LogP contribution in [0.4, 0.5) is 22.0 Å². The maximum Gasteiger partial charge on any atom is 0.471 e. The van der Waals surface area contributed by atoms with Gasteiger partial charge in [-0.05, 0) is 30.1 Å². The molecule has 2 saturated heterocycles. The number of halogens is 5. The minimum Gasteiger partial charge on any atom is -0.356 e. The Kier molecular flexibility index (Phi) is 7.29. The predicted molar refractivity (Wildman–Crippen MR) is 108 cm³/mol. The smallest absolute Gasteiger partial charge is 0.356 e. The lowest BCUT2D eigenvalue weighted by Crippen LogP contribution is -2.58. The lowest BCUT2D eigenvalue weighted by atomic mass is 9.97. The van der Waals surface area contributed by atoms with Crippen LogP contribution in [0.15, 0.2) is 0 Å². The molecule has 194 valence electrons. The summed E-state index contributed by atoms with van der Waals surface area (Å²) >= 11 is 0. The van der Waals surface area contributed by atoms with E-state index in [0.29, 0.717) is 13.0 Å². The normalized spacial score (nSPS) is 28.5. The number of alkyl halides is 5. The van der Waals surface area contributed by atoms with Gasteiger partial charge >= 0.3 is 12.1 Å². The number of hydrogen-bond donors (Lipinski definition) is 3. The van der Waals surface area contributed by atoms with Gasteiger partial charge in [-0.2, -0.15) is 18.4 Å². The van der Waals surface area contributed by atoms with E-state index in [9.17, 15) is 46.4 Å². The number of amides is 4. The van der Waals surface area contributed by atoms with Crippen LogP contribution in [-0.4, -0.2) is 72.3 Å². The highest BCUT2D eigenvalue weighted by Gasteiger charge is 2.69. The summed E-state index contributed by atoms with van der Waals surface area (Å²) in [5.74, 6) is -5.90. The number of fused-ring (bicyclic) bond motifs is 1. The summed E-state index contributed by atoms with van der Waals surface area (Å²) in [4.78, 5) is 50.3. The van der Waals surface area contributed by atoms with Crippen molar-refractivity contribution in [1.29, 1.82) is 5.26 Å². The largest absolute Gasteiger partial charge is 0.471 e. The molecule has 1 aliphatic carbocycles. The van der Waals surface area contributed by atoms with E-state index < -0.39 is 72.1 Å². The van der Waals surface area contributed by atoms with Gasteiger partial charge in [0.1, 0.15) is 18.1 Å². The lowest BCUT2D eigenvalue weighted by Gasteiger charge is -2.33. The highest BCUT2D eigenvalue weighted by atomic mass is 19.4. The highest BCUT2D eigenvalue weighted by molar-refractivity contribution is 5.94. The summed E-state index contributed by atoms with van der Waals surface area (Å²) in [6, 6.07) is -2.59. The Hall–Kier alpha value is -2.98. The fourth-order valence-corrected chi connectivity index (χ4v) is 5.21. The molecular formula is C21H26F5N5O4. The van der Waals surface area contributed by atoms with E-state index in [0.717, 1.165) is 4.90 Å². The van der Waals surface area contributed by atoms with Crippen LogP contribution in [-0.2, 0) is 19.2 Å². The van der Waals surface area contributed by atoms with Crippen LogP contribution in [0.1, 0.15) is 33.1 Å². The molecule has 0 aromatic heterocycles. The topological polar surface area (TPSA) is 131 Å². The first kappa shape index (κ1) is 26.6. The highest BCUT2D eigenvalue weighted by Crippen LogP contribution is 2.65. The van der Waals surface area contributed by atoms with Gasteiger partial charge in [-0.15, -0.1) is 0 Å². The minimum absolute atomic E-state index is 0.0296. The SMILES string of the molecule is CC1(C)C2CN(C(=O)[C@H](CC(F)F)NC(=O)C(F)(F)F)C(C(=O)N[C@H](C#N)C[C@@H]3CCNC3=O)C21. The van der Waals surface area contributed by atoms with Gasteiger partial charge in [0.2, 0.25) is 24.1 Å². The third-order valence-corrected chi connectivity index (χ3v) is 7.19. The molecule has 0 aromatic carbocycles. The molecule has 3 fully saturated rings. The first-order valence-corrected chi connectivity index (χ1v) is 11.1. The van der Waals surface area contributed by atoms with Crippen LogP contribution in [0.3, 0.4) is 0 Å². The van der Waals surface area contributed by atoms with Gasteiger partial charge in [-0.1, -0.05) is 13.8 Å². The zero-order valence-corrected chi connectivity index (χ0v) is 19.0. The molecule has 2 aliphatic heterocycles. The summed E-state index contributed by atoms with van der Waals surface area (Å²) < 4.78 is 64.1. The van der Waals surface area contributed by atoms with Crippen LogP contribution in [0.5, 0.6) is 0 Å². The molecule has 1 saturated carbocycles. The van der Waals surface area contributed by atoms with Gasteiger partial charge in [0, 0.05) is 25.4 Å². The van der Waals surface area contributed by atoms with Crippen molar-refractivity contribution in [1.82, 2.24) is 20.9 Å². The molecule has 0 spiro atoms. The van der Waals surface area contributed by atoms with Gasteiger partial charge in [0.05, 0.1) is 6.07 Å². The molecule has 0 aromatic rings. The maximum atomic E-state index is 13.2. The second-order valence-electron chi connectivity index (χ2n) is 9.74. The van der Waals surface area contributed by atoms with Crippen molar-refractivity contribution in [2.24, 2.45) is 23.2 Å². The standard InChI is InChI=1S/C21H26F5N5O4/c1-20(2)11-8-31(18(34)12(6-13(22)23)30-19(35)21(24,25)26)15(14(11)20)17(33)29-10(7-27)5-9-3-4-28-16(9)32/h9-15H,3-6,8H2,1-2H3,(H,28,32)(H,29,33)(H,30,35)/t9-,10-,11?,12-,14?,15?/m0/s1. The van der Waals surface area contributed by atoms with Crippen LogP contribution < -0.4 is 16.0 Å². The Balaban J connectivity index is 1.78. The Labute approximate surface area is 197 Å². The molecule has 3 unspecified atom stereocenters. The van der Waals surface area contributed by atoms with Crippen LogP contribution >= 0.6 is 0 Å². The summed E-state index contributed by atoms with van der Waals surface area (Å²) in [6.45, 7) is 4.03. The van der Waals surface area contributed by atoms with Crippen molar-refractivity contribution < 1.29 is 41.1 Å². The summed E-state index contributed by atoms with van der Waals surface area (Å²) in [5, 5.41) is 15.9. The van der Waals surface area contributed by atoms with Gasteiger partial charge in [-0.3, -0.25) is 19.2 Å². The number of nitrogens with zero attached hydrogens (tertiary/aromatic N) is 2. The lowest BCUT2D eigenvalue weighted by molar-refractivity contribution is -0.175. The third kappa shape index (κ3) is 5.48. The number of rotatable bonds is 8. The fourth-order valence-electron chi connectivity index (χ4n) is 5.21. The van der Waals surface area contributed by atoms with E-state index >= 15 is 0 Å². The Morgan fingerprint density at radius 3 is 2.43 bits per heavy atom. The van der Waals surface area contributed by atoms with Gasteiger partial charge in [0.25, 0.3) is 0 Å². The molecule has 3 aliphatic rings. The van der Waals surface area contributed by atoms with Gasteiger partial charge < -0.3 is 20.9 Å². The Bertz CT molecular complexity index is 934. The zero-order valence-electron chi connectivity index (χ0n) is 19.0. The van der Waals surface area contributed by atoms with Gasteiger partial charge in [0.15, 0.2) is 0 Å². The van der Waals surface area contributed by atoms with Crippen molar-refractivity contribution in [3.8, 4) is 6.07 Å². The number of nitriles is 1. The second-order valence-corrected chi connectivity index (χ2v) is 9.74. The number of carbonyl (C=O) groups is 4. The van der Waals surface area contributed by atoms with E-state index in [1.165, 1.54) is 5.32 Å². The molecule has 3 N–H and O–H groups in total. The maximum absolute atomic E-state index is 13.2. The van der Waals surface area contributed by atoms with Crippen molar-refractivity contribution in [2.45, 2.75) is 63.8 Å². The van der Waals surface area contributed by atoms with E-state index in [4.69, 9.17) is 0 Å². The number of carbonyl (C=O) groups excluding carboxylic acids is 4. The quantitative estimate of drug-likeness (QED) is 0.417. The number of piperidine rings is 1. The first-order chi connectivity index (χ1) is 16.2. The van der Waals surface area contributed by atoms with Crippen LogP contribution in [0, 0.1) is 34.5 Å². The first-order valence-electron chi connectivity index (χ1n) is 11.1. The molecular weight excluding hydrogens is 481 g/mol. The molecule has 0 bridgehead atoms. The van der Waals surface area contributed by atoms with E-state index in [1.807, 2.05) is 19.9 Å². The molecule has 6 atom stereocenters. The van der Waals surface area contributed by atoms with Crippen LogP contribution in [0.25, 0.3) is 0 Å². The molecule has 14 heteroatoms. The summed E-state index contributed by atoms with van der Waals surface area (Å²) in [5.41, 5.74) is -0.403. The molecule has 35 heavy (non-hydrogen) atoms. The average molecular weight is 507 g/mol. The predicted octanol–water partition coefficient (Wildman–Crippen LogP) is 0.706. The minimum atomic E-state index is -5.39. The molecule has 9 nitrogen and oxygen atoms in total. The summed E-state index contributed by atoms with van der Waals surface area (Å²) in [7, 11) is 0. The van der Waals surface area contributed by atoms with Crippen molar-refractivity contribution in [3.63, 3.8) is 0 Å². The van der Waals surface area contributed by atoms with E-state index in [1.54, 1.807) is 0 Å². The molecule has 3 rings (SSSR count). The Morgan fingerprint density at radius 2 is 1.91 bits per heavy atom. The second kappa shape index (κ2) is 9.58. The van der Waals surface area contributed by atoms with Crippen LogP contribution in [0.2, 0.25) is 0 Å². The van der Waals surface area contributed by atoms with Crippen molar-refractivity contribution in [2.75, 3.05) is 13.1 Å². The molecule has 2 heterocycles. The molecule has 4 amide bonds. The number of nitrogens with one attached hydrogen (secondary N) is 3. The van der Waals surface area contributed by atoms with Crippen molar-refractivity contribution >= 4 is 23.6 Å². The van der Waals surface area contributed by atoms with Crippen molar-refractivity contribution in [3.05, 3.63) is 0 Å². The zero-order chi connectivity index (χ0) is 26.3. The summed E-state index contributed by atoms with van der Waals surface area (Å²) in [6.07, 6.45) is -9.44. The van der Waals surface area contributed by atoms with Gasteiger partial charge in [-0.25, -0.2) is 8.78 Å². The van der Waals surface area contributed by atoms with E-state index in [2.05, 4.69) is 10.6 Å². The molecule has 0 radical (unpaired) electrons.